The van der Waals surface area contributed by atoms with Crippen LogP contribution in [0.2, 0.25) is 5.02 Å². The number of carbonyl (C=O) groups excluding carboxylic acids is 2. The van der Waals surface area contributed by atoms with Crippen molar-refractivity contribution in [3.05, 3.63) is 46.3 Å². The normalized spacial score (nSPS) is 14.8. The number of nitrogens with zero attached hydrogens (tertiary/aromatic N) is 2. The van der Waals surface area contributed by atoms with Crippen LogP contribution >= 0.6 is 22.9 Å². The summed E-state index contributed by atoms with van der Waals surface area (Å²) in [7, 11) is 0. The van der Waals surface area contributed by atoms with Crippen LogP contribution in [0, 0.1) is 0 Å². The zero-order valence-corrected chi connectivity index (χ0v) is 16.7. The quantitative estimate of drug-likeness (QED) is 0.744. The third kappa shape index (κ3) is 5.00. The number of rotatable bonds is 6. The van der Waals surface area contributed by atoms with Gasteiger partial charge >= 0.3 is 5.97 Å². The smallest absolute Gasteiger partial charge is 0.341 e. The van der Waals surface area contributed by atoms with Crippen LogP contribution in [0.1, 0.15) is 17.3 Å². The monoisotopic (exact) mass is 407 g/mol. The van der Waals surface area contributed by atoms with Crippen LogP contribution in [0.4, 0.5) is 10.7 Å². The summed E-state index contributed by atoms with van der Waals surface area (Å²) in [6.07, 6.45) is 0. The molecule has 0 aliphatic carbocycles. The van der Waals surface area contributed by atoms with E-state index in [0.29, 0.717) is 17.2 Å². The van der Waals surface area contributed by atoms with Gasteiger partial charge < -0.3 is 15.0 Å². The molecule has 3 rings (SSSR count). The third-order valence-electron chi connectivity index (χ3n) is 4.35. The Morgan fingerprint density at radius 2 is 1.93 bits per heavy atom. The molecule has 2 aromatic rings. The first-order valence-electron chi connectivity index (χ1n) is 8.84. The van der Waals surface area contributed by atoms with E-state index < -0.39 is 5.97 Å². The molecule has 8 heteroatoms. The number of para-hydroxylation sites is 1. The van der Waals surface area contributed by atoms with E-state index in [9.17, 15) is 9.59 Å². The number of benzene rings is 1. The summed E-state index contributed by atoms with van der Waals surface area (Å²) in [5, 5.41) is 5.88. The summed E-state index contributed by atoms with van der Waals surface area (Å²) >= 11 is 7.58. The molecular formula is C19H22ClN3O3S. The fourth-order valence-electron chi connectivity index (χ4n) is 3.00. The van der Waals surface area contributed by atoms with Crippen molar-refractivity contribution in [2.24, 2.45) is 0 Å². The number of ether oxygens (including phenoxy) is 1. The van der Waals surface area contributed by atoms with Crippen LogP contribution in [-0.2, 0) is 9.53 Å². The second-order valence-corrected chi connectivity index (χ2v) is 7.47. The highest BCUT2D eigenvalue weighted by Crippen LogP contribution is 2.26. The van der Waals surface area contributed by atoms with Crippen molar-refractivity contribution in [3.63, 3.8) is 0 Å². The highest BCUT2D eigenvalue weighted by molar-refractivity contribution is 7.14. The Labute approximate surface area is 167 Å². The summed E-state index contributed by atoms with van der Waals surface area (Å²) < 4.78 is 5.01. The average Bonchev–Trinajstić information content (AvgIpc) is 3.11. The minimum Gasteiger partial charge on any atom is -0.462 e. The number of hydrogen-bond acceptors (Lipinski definition) is 6. The van der Waals surface area contributed by atoms with E-state index >= 15 is 0 Å². The largest absolute Gasteiger partial charge is 0.462 e. The standard InChI is InChI=1S/C19H22ClN3O3S/c1-2-26-19(25)14-7-12-27-18(14)21-17(24)13-22-8-10-23(11-9-22)16-6-4-3-5-15(16)20/h3-7,12H,2,8-11,13H2,1H3,(H,21,24). The molecule has 2 heterocycles. The minimum atomic E-state index is -0.414. The molecule has 1 aliphatic heterocycles. The number of piperazine rings is 1. The van der Waals surface area contributed by atoms with Gasteiger partial charge in [0.1, 0.15) is 5.00 Å². The van der Waals surface area contributed by atoms with Crippen molar-refractivity contribution >= 4 is 45.5 Å². The van der Waals surface area contributed by atoms with Crippen molar-refractivity contribution in [2.45, 2.75) is 6.92 Å². The van der Waals surface area contributed by atoms with Gasteiger partial charge in [-0.15, -0.1) is 11.3 Å². The summed E-state index contributed by atoms with van der Waals surface area (Å²) in [5.74, 6) is -0.545. The summed E-state index contributed by atoms with van der Waals surface area (Å²) in [6.45, 7) is 5.51. The number of halogens is 1. The fourth-order valence-corrected chi connectivity index (χ4v) is 4.05. The molecule has 0 radical (unpaired) electrons. The molecule has 1 N–H and O–H groups in total. The van der Waals surface area contributed by atoms with Crippen LogP contribution in [0.5, 0.6) is 0 Å². The number of anilines is 2. The summed E-state index contributed by atoms with van der Waals surface area (Å²) in [6, 6.07) is 9.46. The van der Waals surface area contributed by atoms with Gasteiger partial charge in [0.05, 0.1) is 29.4 Å². The van der Waals surface area contributed by atoms with Crippen LogP contribution in [0.3, 0.4) is 0 Å². The summed E-state index contributed by atoms with van der Waals surface area (Å²) in [4.78, 5) is 28.6. The SMILES string of the molecule is CCOC(=O)c1ccsc1NC(=O)CN1CCN(c2ccccc2Cl)CC1. The van der Waals surface area contributed by atoms with Gasteiger partial charge in [-0.1, -0.05) is 23.7 Å². The van der Waals surface area contributed by atoms with Gasteiger partial charge in [-0.05, 0) is 30.5 Å². The van der Waals surface area contributed by atoms with Crippen LogP contribution in [0.15, 0.2) is 35.7 Å². The Morgan fingerprint density at radius 1 is 1.19 bits per heavy atom. The lowest BCUT2D eigenvalue weighted by Crippen LogP contribution is -2.48. The molecule has 144 valence electrons. The lowest BCUT2D eigenvalue weighted by molar-refractivity contribution is -0.117. The molecule has 0 saturated carbocycles. The Bertz CT molecular complexity index is 803. The average molecular weight is 408 g/mol. The third-order valence-corrected chi connectivity index (χ3v) is 5.50. The molecule has 1 aromatic carbocycles. The molecule has 0 bridgehead atoms. The van der Waals surface area contributed by atoms with Crippen molar-refractivity contribution < 1.29 is 14.3 Å². The molecule has 1 fully saturated rings. The van der Waals surface area contributed by atoms with Gasteiger partial charge in [0.2, 0.25) is 5.91 Å². The number of nitrogens with one attached hydrogen (secondary N) is 1. The topological polar surface area (TPSA) is 61.9 Å². The first-order chi connectivity index (χ1) is 13.1. The number of esters is 1. The minimum absolute atomic E-state index is 0.130. The van der Waals surface area contributed by atoms with Gasteiger partial charge in [0, 0.05) is 26.2 Å². The molecule has 27 heavy (non-hydrogen) atoms. The van der Waals surface area contributed by atoms with Gasteiger partial charge in [0.25, 0.3) is 0 Å². The zero-order chi connectivity index (χ0) is 19.2. The van der Waals surface area contributed by atoms with E-state index in [2.05, 4.69) is 15.1 Å². The molecule has 1 aromatic heterocycles. The van der Waals surface area contributed by atoms with Crippen LogP contribution < -0.4 is 10.2 Å². The van der Waals surface area contributed by atoms with E-state index in [1.807, 2.05) is 24.3 Å². The van der Waals surface area contributed by atoms with Crippen molar-refractivity contribution in [3.8, 4) is 0 Å². The number of hydrogen-bond donors (Lipinski definition) is 1. The highest BCUT2D eigenvalue weighted by atomic mass is 35.5. The second kappa shape index (κ2) is 9.21. The molecule has 0 unspecified atom stereocenters. The summed E-state index contributed by atoms with van der Waals surface area (Å²) in [5.41, 5.74) is 1.43. The first-order valence-corrected chi connectivity index (χ1v) is 10.1. The van der Waals surface area contributed by atoms with E-state index in [1.54, 1.807) is 18.4 Å². The van der Waals surface area contributed by atoms with Crippen LogP contribution in [0.25, 0.3) is 0 Å². The lowest BCUT2D eigenvalue weighted by Gasteiger charge is -2.36. The Hall–Kier alpha value is -2.09. The first kappa shape index (κ1) is 19.7. The zero-order valence-electron chi connectivity index (χ0n) is 15.1. The highest BCUT2D eigenvalue weighted by Gasteiger charge is 2.22. The number of amides is 1. The van der Waals surface area contributed by atoms with Crippen LogP contribution in [-0.4, -0.2) is 56.1 Å². The Morgan fingerprint density at radius 3 is 2.63 bits per heavy atom. The van der Waals surface area contributed by atoms with Crippen molar-refractivity contribution in [1.29, 1.82) is 0 Å². The lowest BCUT2D eigenvalue weighted by atomic mass is 10.2. The Kier molecular flexibility index (Phi) is 6.71. The van der Waals surface area contributed by atoms with Gasteiger partial charge in [-0.25, -0.2) is 4.79 Å². The fraction of sp³-hybridized carbons (Fsp3) is 0.368. The predicted molar refractivity (Wildman–Crippen MR) is 109 cm³/mol. The van der Waals surface area contributed by atoms with Gasteiger partial charge in [0.15, 0.2) is 0 Å². The maximum Gasteiger partial charge on any atom is 0.341 e. The Balaban J connectivity index is 1.51. The van der Waals surface area contributed by atoms with E-state index in [-0.39, 0.29) is 12.5 Å². The molecule has 1 amide bonds. The predicted octanol–water partition coefficient (Wildman–Crippen LogP) is 3.34. The van der Waals surface area contributed by atoms with E-state index in [0.717, 1.165) is 36.9 Å². The van der Waals surface area contributed by atoms with Crippen molar-refractivity contribution in [1.82, 2.24) is 4.90 Å². The maximum atomic E-state index is 12.4. The molecular weight excluding hydrogens is 386 g/mol. The molecule has 0 spiro atoms. The maximum absolute atomic E-state index is 12.4. The second-order valence-electron chi connectivity index (χ2n) is 6.15. The number of carbonyl (C=O) groups is 2. The number of thiophene rings is 1. The molecule has 1 aliphatic rings. The molecule has 6 nitrogen and oxygen atoms in total. The van der Waals surface area contributed by atoms with Gasteiger partial charge in [-0.2, -0.15) is 0 Å². The molecule has 1 saturated heterocycles. The van der Waals surface area contributed by atoms with E-state index in [4.69, 9.17) is 16.3 Å². The van der Waals surface area contributed by atoms with Crippen molar-refractivity contribution in [2.75, 3.05) is 49.5 Å². The van der Waals surface area contributed by atoms with Gasteiger partial charge in [-0.3, -0.25) is 9.69 Å². The molecule has 0 atom stereocenters. The van der Waals surface area contributed by atoms with E-state index in [1.165, 1.54) is 11.3 Å².